The minimum Gasteiger partial charge on any atom is -0.345 e. The first-order valence-corrected chi connectivity index (χ1v) is 14.7. The highest BCUT2D eigenvalue weighted by atomic mass is 32.2. The molecule has 2 atom stereocenters. The van der Waals surface area contributed by atoms with Gasteiger partial charge in [-0.15, -0.1) is 0 Å². The maximum atomic E-state index is 13.1. The van der Waals surface area contributed by atoms with Crippen molar-refractivity contribution in [1.82, 2.24) is 14.2 Å². The number of nitrogens with zero attached hydrogens (tertiary/aromatic N) is 4. The number of rotatable bonds is 5. The Balaban J connectivity index is 1.27. The van der Waals surface area contributed by atoms with Gasteiger partial charge in [0.25, 0.3) is 5.91 Å². The van der Waals surface area contributed by atoms with Crippen LogP contribution in [0.5, 0.6) is 0 Å². The summed E-state index contributed by atoms with van der Waals surface area (Å²) in [7, 11) is -1.44. The van der Waals surface area contributed by atoms with Crippen molar-refractivity contribution in [1.29, 1.82) is 0 Å². The van der Waals surface area contributed by atoms with Gasteiger partial charge in [0.05, 0.1) is 15.1 Å². The number of carbonyl (C=O) groups is 1. The van der Waals surface area contributed by atoms with E-state index < -0.39 is 10.0 Å². The Morgan fingerprint density at radius 1 is 1.00 bits per heavy atom. The first-order valence-electron chi connectivity index (χ1n) is 12.4. The predicted molar refractivity (Wildman–Crippen MR) is 145 cm³/mol. The number of hydrogen-bond donors (Lipinski definition) is 1. The van der Waals surface area contributed by atoms with E-state index in [1.807, 2.05) is 18.2 Å². The summed E-state index contributed by atoms with van der Waals surface area (Å²) in [5.74, 6) is 0.395. The Morgan fingerprint density at radius 3 is 2.33 bits per heavy atom. The van der Waals surface area contributed by atoms with Crippen LogP contribution in [-0.2, 0) is 10.0 Å². The number of sulfonamides is 1. The largest absolute Gasteiger partial charge is 0.345 e. The minimum absolute atomic E-state index is 0.225. The Hall–Kier alpha value is -2.53. The van der Waals surface area contributed by atoms with Crippen molar-refractivity contribution in [3.05, 3.63) is 48.0 Å². The van der Waals surface area contributed by atoms with E-state index >= 15 is 0 Å². The number of benzene rings is 2. The summed E-state index contributed by atoms with van der Waals surface area (Å²) in [5, 5.41) is 3.95. The molecule has 8 nitrogen and oxygen atoms in total. The quantitative estimate of drug-likeness (QED) is 0.541. The Kier molecular flexibility index (Phi) is 7.04. The highest BCUT2D eigenvalue weighted by Gasteiger charge is 2.31. The maximum Gasteiger partial charge on any atom is 0.255 e. The van der Waals surface area contributed by atoms with Gasteiger partial charge in [-0.1, -0.05) is 25.2 Å². The molecule has 192 valence electrons. The van der Waals surface area contributed by atoms with E-state index in [1.54, 1.807) is 27.8 Å². The molecule has 1 amide bonds. The van der Waals surface area contributed by atoms with Crippen LogP contribution in [0.1, 0.15) is 30.6 Å². The zero-order chi connectivity index (χ0) is 25.4. The van der Waals surface area contributed by atoms with Gasteiger partial charge in [-0.2, -0.15) is 4.31 Å². The summed E-state index contributed by atoms with van der Waals surface area (Å²) in [6, 6.07) is 11.9. The summed E-state index contributed by atoms with van der Waals surface area (Å²) in [6.07, 6.45) is 1.04. The number of likely N-dealkylation sites (N-methyl/N-ethyl adjacent to an activating group) is 1. The smallest absolute Gasteiger partial charge is 0.255 e. The second-order valence-electron chi connectivity index (χ2n) is 10.2. The third-order valence-corrected chi connectivity index (χ3v) is 9.92. The predicted octanol–water partition coefficient (Wildman–Crippen LogP) is 3.97. The summed E-state index contributed by atoms with van der Waals surface area (Å²) in [6.45, 7) is 9.20. The molecule has 0 aliphatic carbocycles. The zero-order valence-corrected chi connectivity index (χ0v) is 22.6. The van der Waals surface area contributed by atoms with Gasteiger partial charge in [-0.3, -0.25) is 4.79 Å². The molecular formula is C26H33N5O3S2. The third kappa shape index (κ3) is 5.27. The lowest BCUT2D eigenvalue weighted by atomic mass is 9.94. The van der Waals surface area contributed by atoms with Crippen LogP contribution in [-0.4, -0.2) is 74.8 Å². The molecule has 36 heavy (non-hydrogen) atoms. The van der Waals surface area contributed by atoms with E-state index in [0.717, 1.165) is 47.9 Å². The standard InChI is InChI=1S/C26H33N5O3S2/c1-18-14-19(2)17-31(16-18)36(33,34)22-7-4-20(5-8-22)25(32)27-21-6-9-23-24(15-21)35-26(28-23)30-12-10-29(3)11-13-30/h4-9,15,18-19H,10-14,16-17H2,1-3H3,(H,27,32). The fraction of sp³-hybridized carbons (Fsp3) is 0.462. The first kappa shape index (κ1) is 25.1. The van der Waals surface area contributed by atoms with Crippen molar-refractivity contribution in [2.24, 2.45) is 11.8 Å². The molecule has 2 saturated heterocycles. The average molecular weight is 528 g/mol. The van der Waals surface area contributed by atoms with Crippen LogP contribution in [0.15, 0.2) is 47.4 Å². The maximum absolute atomic E-state index is 13.1. The van der Waals surface area contributed by atoms with Gasteiger partial charge in [-0.25, -0.2) is 13.4 Å². The molecule has 0 bridgehead atoms. The molecular weight excluding hydrogens is 494 g/mol. The lowest BCUT2D eigenvalue weighted by Crippen LogP contribution is -2.44. The molecule has 1 aromatic heterocycles. The minimum atomic E-state index is -3.57. The Bertz CT molecular complexity index is 1340. The number of hydrogen-bond acceptors (Lipinski definition) is 7. The summed E-state index contributed by atoms with van der Waals surface area (Å²) in [4.78, 5) is 22.5. The number of piperidine rings is 1. The van der Waals surface area contributed by atoms with Crippen LogP contribution in [0, 0.1) is 11.8 Å². The van der Waals surface area contributed by atoms with E-state index in [-0.39, 0.29) is 10.8 Å². The monoisotopic (exact) mass is 527 g/mol. The molecule has 2 aromatic carbocycles. The van der Waals surface area contributed by atoms with E-state index in [4.69, 9.17) is 4.98 Å². The van der Waals surface area contributed by atoms with Crippen LogP contribution in [0.4, 0.5) is 10.8 Å². The van der Waals surface area contributed by atoms with Gasteiger partial charge in [0.15, 0.2) is 5.13 Å². The van der Waals surface area contributed by atoms with Crippen molar-refractivity contribution in [3.8, 4) is 0 Å². The molecule has 1 N–H and O–H groups in total. The number of fused-ring (bicyclic) bond motifs is 1. The molecule has 0 saturated carbocycles. The van der Waals surface area contributed by atoms with Crippen LogP contribution in [0.3, 0.4) is 0 Å². The van der Waals surface area contributed by atoms with Crippen LogP contribution in [0.25, 0.3) is 10.2 Å². The number of aromatic nitrogens is 1. The zero-order valence-electron chi connectivity index (χ0n) is 21.0. The van der Waals surface area contributed by atoms with Gasteiger partial charge in [0, 0.05) is 50.5 Å². The van der Waals surface area contributed by atoms with Crippen molar-refractivity contribution in [3.63, 3.8) is 0 Å². The fourth-order valence-electron chi connectivity index (χ4n) is 5.06. The van der Waals surface area contributed by atoms with E-state index in [9.17, 15) is 13.2 Å². The van der Waals surface area contributed by atoms with Gasteiger partial charge < -0.3 is 15.1 Å². The molecule has 2 fully saturated rings. The normalized spacial score (nSPS) is 22.1. The molecule has 2 unspecified atom stereocenters. The molecule has 0 radical (unpaired) electrons. The lowest BCUT2D eigenvalue weighted by Gasteiger charge is -2.34. The highest BCUT2D eigenvalue weighted by Crippen LogP contribution is 2.32. The lowest BCUT2D eigenvalue weighted by molar-refractivity contribution is 0.102. The molecule has 2 aliphatic heterocycles. The van der Waals surface area contributed by atoms with Gasteiger partial charge in [0.1, 0.15) is 0 Å². The SMILES string of the molecule is CC1CC(C)CN(S(=O)(=O)c2ccc(C(=O)Nc3ccc4nc(N5CCN(C)CC5)sc4c3)cc2)C1. The molecule has 3 aromatic rings. The van der Waals surface area contributed by atoms with Gasteiger partial charge in [0.2, 0.25) is 10.0 Å². The Labute approximate surface area is 217 Å². The summed E-state index contributed by atoms with van der Waals surface area (Å²) >= 11 is 1.63. The molecule has 3 heterocycles. The average Bonchev–Trinajstić information content (AvgIpc) is 3.27. The van der Waals surface area contributed by atoms with Crippen molar-refractivity contribution >= 4 is 48.3 Å². The van der Waals surface area contributed by atoms with Crippen LogP contribution < -0.4 is 10.2 Å². The van der Waals surface area contributed by atoms with Gasteiger partial charge in [-0.05, 0) is 67.8 Å². The van der Waals surface area contributed by atoms with Crippen LogP contribution in [0.2, 0.25) is 0 Å². The number of anilines is 2. The molecule has 5 rings (SSSR count). The molecule has 2 aliphatic rings. The second-order valence-corrected chi connectivity index (χ2v) is 13.2. The number of thiazole rings is 1. The van der Waals surface area contributed by atoms with Crippen molar-refractivity contribution in [2.45, 2.75) is 25.2 Å². The third-order valence-electron chi connectivity index (χ3n) is 7.00. The van der Waals surface area contributed by atoms with E-state index in [1.165, 1.54) is 12.1 Å². The molecule has 10 heteroatoms. The molecule has 0 spiro atoms. The number of amides is 1. The summed E-state index contributed by atoms with van der Waals surface area (Å²) < 4.78 is 28.8. The van der Waals surface area contributed by atoms with Gasteiger partial charge >= 0.3 is 0 Å². The number of nitrogens with one attached hydrogen (secondary N) is 1. The van der Waals surface area contributed by atoms with Crippen LogP contribution >= 0.6 is 11.3 Å². The second kappa shape index (κ2) is 10.1. The number of piperazine rings is 1. The Morgan fingerprint density at radius 2 is 1.67 bits per heavy atom. The first-order chi connectivity index (χ1) is 17.2. The topological polar surface area (TPSA) is 85.8 Å². The van der Waals surface area contributed by atoms with Crippen molar-refractivity contribution < 1.29 is 13.2 Å². The van der Waals surface area contributed by atoms with E-state index in [0.29, 0.717) is 36.2 Å². The fourth-order valence-corrected chi connectivity index (χ4v) is 7.79. The van der Waals surface area contributed by atoms with Crippen molar-refractivity contribution in [2.75, 3.05) is 56.5 Å². The van der Waals surface area contributed by atoms with E-state index in [2.05, 4.69) is 36.0 Å². The highest BCUT2D eigenvalue weighted by molar-refractivity contribution is 7.89. The number of carbonyl (C=O) groups excluding carboxylic acids is 1. The summed E-state index contributed by atoms with van der Waals surface area (Å²) in [5.41, 5.74) is 2.02.